The van der Waals surface area contributed by atoms with Crippen molar-refractivity contribution in [2.45, 2.75) is 33.6 Å². The van der Waals surface area contributed by atoms with E-state index >= 15 is 0 Å². The molecule has 3 nitrogen and oxygen atoms in total. The number of aliphatic hydroxyl groups is 2. The van der Waals surface area contributed by atoms with Crippen LogP contribution in [0.15, 0.2) is 0 Å². The van der Waals surface area contributed by atoms with Gasteiger partial charge in [-0.1, -0.05) is 13.8 Å². The smallest absolute Gasteiger partial charge is 0.0510 e. The molecule has 0 aliphatic carbocycles. The van der Waals surface area contributed by atoms with Crippen LogP contribution >= 0.6 is 0 Å². The van der Waals surface area contributed by atoms with Crippen LogP contribution < -0.4 is 0 Å². The van der Waals surface area contributed by atoms with Gasteiger partial charge in [0.15, 0.2) is 0 Å². The summed E-state index contributed by atoms with van der Waals surface area (Å²) >= 11 is 0. The van der Waals surface area contributed by atoms with Crippen molar-refractivity contribution in [1.82, 2.24) is 0 Å². The van der Waals surface area contributed by atoms with E-state index < -0.39 is 0 Å². The Balaban J connectivity index is 4.07. The maximum atomic E-state index is 9.31. The molecule has 0 atom stereocenters. The van der Waals surface area contributed by atoms with E-state index in [0.717, 1.165) is 12.8 Å². The van der Waals surface area contributed by atoms with Crippen LogP contribution in [0.4, 0.5) is 0 Å². The molecule has 0 unspecified atom stereocenters. The van der Waals surface area contributed by atoms with Crippen LogP contribution in [0.1, 0.15) is 33.6 Å². The molecule has 14 heavy (non-hydrogen) atoms. The van der Waals surface area contributed by atoms with Gasteiger partial charge in [0.25, 0.3) is 0 Å². The minimum atomic E-state index is -0.358. The zero-order chi connectivity index (χ0) is 11.0. The molecule has 0 aromatic carbocycles. The van der Waals surface area contributed by atoms with Gasteiger partial charge in [0.1, 0.15) is 0 Å². The Labute approximate surface area is 87.1 Å². The highest BCUT2D eigenvalue weighted by Crippen LogP contribution is 2.29. The number of ether oxygens (including phenoxy) is 1. The molecule has 0 saturated carbocycles. The van der Waals surface area contributed by atoms with Gasteiger partial charge in [0, 0.05) is 18.6 Å². The molecule has 0 amide bonds. The Kier molecular flexibility index (Phi) is 7.15. The van der Waals surface area contributed by atoms with E-state index in [0.29, 0.717) is 19.1 Å². The average Bonchev–Trinajstić information content (AvgIpc) is 2.16. The fourth-order valence-corrected chi connectivity index (χ4v) is 1.74. The Bertz CT molecular complexity index is 130. The van der Waals surface area contributed by atoms with Gasteiger partial charge in [-0.25, -0.2) is 0 Å². The topological polar surface area (TPSA) is 49.7 Å². The van der Waals surface area contributed by atoms with Crippen molar-refractivity contribution in [2.24, 2.45) is 11.3 Å². The minimum absolute atomic E-state index is 0.0365. The summed E-state index contributed by atoms with van der Waals surface area (Å²) in [6.45, 7) is 7.52. The van der Waals surface area contributed by atoms with Gasteiger partial charge in [-0.15, -0.1) is 0 Å². The fourth-order valence-electron chi connectivity index (χ4n) is 1.74. The maximum Gasteiger partial charge on any atom is 0.0510 e. The van der Waals surface area contributed by atoms with E-state index in [1.165, 1.54) is 0 Å². The monoisotopic (exact) mass is 204 g/mol. The number of rotatable bonds is 8. The Hall–Kier alpha value is -0.120. The van der Waals surface area contributed by atoms with Crippen LogP contribution in [0.5, 0.6) is 0 Å². The summed E-state index contributed by atoms with van der Waals surface area (Å²) in [5.74, 6) is 0.482. The van der Waals surface area contributed by atoms with Crippen LogP contribution in [0.25, 0.3) is 0 Å². The summed E-state index contributed by atoms with van der Waals surface area (Å²) < 4.78 is 5.25. The first-order valence-electron chi connectivity index (χ1n) is 5.39. The van der Waals surface area contributed by atoms with Crippen molar-refractivity contribution in [3.05, 3.63) is 0 Å². The third kappa shape index (κ3) is 4.94. The zero-order valence-electron chi connectivity index (χ0n) is 9.62. The van der Waals surface area contributed by atoms with Crippen LogP contribution in [0, 0.1) is 11.3 Å². The SMILES string of the molecule is CCOCCC(CO)(CO)CC(C)C. The van der Waals surface area contributed by atoms with Gasteiger partial charge in [0.05, 0.1) is 13.2 Å². The molecule has 0 saturated heterocycles. The Morgan fingerprint density at radius 1 is 1.21 bits per heavy atom. The Morgan fingerprint density at radius 3 is 2.14 bits per heavy atom. The molecule has 0 radical (unpaired) electrons. The Morgan fingerprint density at radius 2 is 1.79 bits per heavy atom. The van der Waals surface area contributed by atoms with Crippen molar-refractivity contribution in [1.29, 1.82) is 0 Å². The molecule has 0 aromatic heterocycles. The first kappa shape index (κ1) is 13.9. The molecule has 0 aliphatic rings. The molecule has 0 fully saturated rings. The quantitative estimate of drug-likeness (QED) is 0.588. The molecule has 0 heterocycles. The number of hydrogen-bond donors (Lipinski definition) is 2. The van der Waals surface area contributed by atoms with Crippen LogP contribution in [-0.2, 0) is 4.74 Å². The highest BCUT2D eigenvalue weighted by atomic mass is 16.5. The molecule has 0 aliphatic heterocycles. The van der Waals surface area contributed by atoms with E-state index in [-0.39, 0.29) is 18.6 Å². The predicted octanol–water partition coefficient (Wildman–Crippen LogP) is 1.43. The maximum absolute atomic E-state index is 9.31. The number of hydrogen-bond acceptors (Lipinski definition) is 3. The lowest BCUT2D eigenvalue weighted by molar-refractivity contribution is 0.00407. The lowest BCUT2D eigenvalue weighted by atomic mass is 9.79. The zero-order valence-corrected chi connectivity index (χ0v) is 9.62. The second kappa shape index (κ2) is 7.21. The predicted molar refractivity (Wildman–Crippen MR) is 57.2 cm³/mol. The van der Waals surface area contributed by atoms with E-state index in [4.69, 9.17) is 4.74 Å². The second-order valence-electron chi connectivity index (χ2n) is 4.36. The van der Waals surface area contributed by atoms with Gasteiger partial charge < -0.3 is 14.9 Å². The van der Waals surface area contributed by atoms with Gasteiger partial charge in [-0.05, 0) is 25.7 Å². The van der Waals surface area contributed by atoms with Crippen LogP contribution in [-0.4, -0.2) is 36.6 Å². The first-order valence-corrected chi connectivity index (χ1v) is 5.39. The lowest BCUT2D eigenvalue weighted by Gasteiger charge is -2.31. The molecular formula is C11H24O3. The van der Waals surface area contributed by atoms with Crippen LogP contribution in [0.3, 0.4) is 0 Å². The van der Waals surface area contributed by atoms with Crippen molar-refractivity contribution in [3.8, 4) is 0 Å². The molecule has 2 N–H and O–H groups in total. The third-order valence-electron chi connectivity index (χ3n) is 2.49. The fraction of sp³-hybridized carbons (Fsp3) is 1.00. The highest BCUT2D eigenvalue weighted by molar-refractivity contribution is 4.79. The standard InChI is InChI=1S/C11H24O3/c1-4-14-6-5-11(8-12,9-13)7-10(2)3/h10,12-13H,4-9H2,1-3H3. The van der Waals surface area contributed by atoms with Crippen molar-refractivity contribution in [3.63, 3.8) is 0 Å². The molecule has 86 valence electrons. The highest BCUT2D eigenvalue weighted by Gasteiger charge is 2.29. The van der Waals surface area contributed by atoms with E-state index in [2.05, 4.69) is 13.8 Å². The molecule has 3 heteroatoms. The van der Waals surface area contributed by atoms with Crippen molar-refractivity contribution < 1.29 is 14.9 Å². The molecular weight excluding hydrogens is 180 g/mol. The number of aliphatic hydroxyl groups excluding tert-OH is 2. The van der Waals surface area contributed by atoms with E-state index in [9.17, 15) is 10.2 Å². The summed E-state index contributed by atoms with van der Waals surface area (Å²) in [7, 11) is 0. The van der Waals surface area contributed by atoms with Gasteiger partial charge in [-0.2, -0.15) is 0 Å². The van der Waals surface area contributed by atoms with Gasteiger partial charge in [0.2, 0.25) is 0 Å². The minimum Gasteiger partial charge on any atom is -0.396 e. The first-order chi connectivity index (χ1) is 6.60. The van der Waals surface area contributed by atoms with Crippen molar-refractivity contribution in [2.75, 3.05) is 26.4 Å². The normalized spacial score (nSPS) is 12.4. The summed E-state index contributed by atoms with van der Waals surface area (Å²) in [6, 6.07) is 0. The average molecular weight is 204 g/mol. The largest absolute Gasteiger partial charge is 0.396 e. The third-order valence-corrected chi connectivity index (χ3v) is 2.49. The second-order valence-corrected chi connectivity index (χ2v) is 4.36. The van der Waals surface area contributed by atoms with Gasteiger partial charge in [-0.3, -0.25) is 0 Å². The van der Waals surface area contributed by atoms with Crippen molar-refractivity contribution >= 4 is 0 Å². The summed E-state index contributed by atoms with van der Waals surface area (Å²) in [4.78, 5) is 0. The van der Waals surface area contributed by atoms with Crippen LogP contribution in [0.2, 0.25) is 0 Å². The van der Waals surface area contributed by atoms with Gasteiger partial charge >= 0.3 is 0 Å². The molecule has 0 aromatic rings. The molecule has 0 bridgehead atoms. The molecule has 0 rings (SSSR count). The molecule has 0 spiro atoms. The summed E-state index contributed by atoms with van der Waals surface area (Å²) in [5, 5.41) is 18.6. The summed E-state index contributed by atoms with van der Waals surface area (Å²) in [5.41, 5.74) is -0.358. The van der Waals surface area contributed by atoms with E-state index in [1.807, 2.05) is 6.92 Å². The summed E-state index contributed by atoms with van der Waals surface area (Å²) in [6.07, 6.45) is 1.57. The van der Waals surface area contributed by atoms with E-state index in [1.54, 1.807) is 0 Å². The lowest BCUT2D eigenvalue weighted by Crippen LogP contribution is -2.33.